The van der Waals surface area contributed by atoms with Crippen molar-refractivity contribution in [3.63, 3.8) is 0 Å². The lowest BCUT2D eigenvalue weighted by molar-refractivity contribution is 0.660. The third-order valence-electron chi connectivity index (χ3n) is 8.97. The number of benzene rings is 6. The van der Waals surface area contributed by atoms with Crippen LogP contribution in [0.3, 0.4) is 0 Å². The minimum absolute atomic E-state index is 0.197. The van der Waals surface area contributed by atoms with Crippen LogP contribution in [0, 0.1) is 11.3 Å². The second-order valence-corrected chi connectivity index (χ2v) is 11.5. The van der Waals surface area contributed by atoms with Crippen molar-refractivity contribution < 1.29 is 0 Å². The Morgan fingerprint density at radius 2 is 0.976 bits per heavy atom. The third kappa shape index (κ3) is 3.56. The summed E-state index contributed by atoms with van der Waals surface area (Å²) in [6.07, 6.45) is 0. The molecule has 1 aliphatic rings. The molecule has 0 aliphatic heterocycles. The molecule has 0 unspecified atom stereocenters. The molecule has 0 heterocycles. The topological polar surface area (TPSA) is 23.8 Å². The van der Waals surface area contributed by atoms with E-state index < -0.39 is 0 Å². The van der Waals surface area contributed by atoms with E-state index >= 15 is 0 Å². The maximum atomic E-state index is 9.55. The van der Waals surface area contributed by atoms with E-state index in [4.69, 9.17) is 39.2 Å². The van der Waals surface area contributed by atoms with Gasteiger partial charge in [-0.1, -0.05) is 91.5 Å². The highest BCUT2D eigenvalue weighted by Crippen LogP contribution is 2.51. The predicted molar refractivity (Wildman–Crippen MR) is 182 cm³/mol. The minimum Gasteiger partial charge on any atom is -0.192 e. The van der Waals surface area contributed by atoms with Crippen LogP contribution in [-0.2, 0) is 5.41 Å². The number of nitrogens with zero attached hydrogens (tertiary/aromatic N) is 1. The molecule has 7 rings (SSSR count). The van der Waals surface area contributed by atoms with Crippen LogP contribution in [0.5, 0.6) is 0 Å². The molecule has 0 saturated carbocycles. The number of rotatable bonds is 2. The van der Waals surface area contributed by atoms with Crippen LogP contribution in [0.15, 0.2) is 84.9 Å². The van der Waals surface area contributed by atoms with Crippen molar-refractivity contribution in [1.82, 2.24) is 0 Å². The molecule has 0 aromatic heterocycles. The fraction of sp³-hybridized carbons (Fsp3) is 0.0833. The van der Waals surface area contributed by atoms with Crippen LogP contribution in [-0.4, -0.2) is 39.2 Å². The normalized spacial score (nSPS) is 13.2. The monoisotopic (exact) mass is 521 g/mol. The quantitative estimate of drug-likeness (QED) is 0.253. The van der Waals surface area contributed by atoms with Crippen LogP contribution in [0.4, 0.5) is 0 Å². The summed E-state index contributed by atoms with van der Waals surface area (Å²) in [5.41, 5.74) is 10.2. The minimum atomic E-state index is -0.263. The lowest BCUT2D eigenvalue weighted by atomic mass is 9.59. The highest BCUT2D eigenvalue weighted by Gasteiger charge is 2.36. The lowest BCUT2D eigenvalue weighted by Crippen LogP contribution is -2.55. The Labute approximate surface area is 253 Å². The van der Waals surface area contributed by atoms with Gasteiger partial charge in [0.25, 0.3) is 0 Å². The third-order valence-corrected chi connectivity index (χ3v) is 8.97. The molecule has 1 aliphatic carbocycles. The highest BCUT2D eigenvalue weighted by molar-refractivity contribution is 6.69. The summed E-state index contributed by atoms with van der Waals surface area (Å²) in [5.74, 6) is 0. The molecule has 6 aromatic carbocycles. The van der Waals surface area contributed by atoms with Gasteiger partial charge in [-0.3, -0.25) is 0 Å². The Hall–Kier alpha value is -4.35. The second kappa shape index (κ2) is 9.33. The summed E-state index contributed by atoms with van der Waals surface area (Å²) in [5, 5.41) is 13.6. The Kier molecular flexibility index (Phi) is 5.90. The molecule has 0 N–H and O–H groups in total. The standard InChI is InChI=1S/C36H20B5N/c1-36(2)26-15-18(17-42)11-13-20(26)21-14-12-19(16-27(21)36)28-22-7-3-5-9-24(22)29(25-10-6-4-8-23(25)28)30-31(37)33(39)35(41)34(40)32(30)38/h3-16H,1-2H3. The van der Waals surface area contributed by atoms with Crippen LogP contribution in [0.1, 0.15) is 30.5 Å². The first-order chi connectivity index (χ1) is 20.1. The molecule has 1 nitrogen and oxygen atoms in total. The van der Waals surface area contributed by atoms with Gasteiger partial charge in [-0.25, -0.2) is 0 Å². The number of hydrogen-bond acceptors (Lipinski definition) is 1. The Bertz CT molecular complexity index is 2100. The van der Waals surface area contributed by atoms with Gasteiger partial charge in [0, 0.05) is 5.41 Å². The SMILES string of the molecule is [B]c1c([B])c([B])c(-c2c3ccccc3c(-c3ccc4c(c3)C(C)(C)c3cc(C#N)ccc3-4)c3ccccc23)c([B])c1[B]. The van der Waals surface area contributed by atoms with E-state index in [1.165, 1.54) is 22.3 Å². The zero-order chi connectivity index (χ0) is 29.5. The number of nitriles is 1. The first-order valence-corrected chi connectivity index (χ1v) is 13.8. The number of hydrogen-bond donors (Lipinski definition) is 0. The molecule has 6 aromatic rings. The molecule has 10 radical (unpaired) electrons. The van der Waals surface area contributed by atoms with E-state index in [9.17, 15) is 5.26 Å². The second-order valence-electron chi connectivity index (χ2n) is 11.5. The van der Waals surface area contributed by atoms with Gasteiger partial charge in [0.05, 0.1) is 11.6 Å². The molecule has 0 amide bonds. The smallest absolute Gasteiger partial charge is 0.113 e. The number of fused-ring (bicyclic) bond motifs is 5. The van der Waals surface area contributed by atoms with E-state index in [2.05, 4.69) is 68.4 Å². The van der Waals surface area contributed by atoms with Crippen LogP contribution >= 0.6 is 0 Å². The Balaban J connectivity index is 1.57. The predicted octanol–water partition coefficient (Wildman–Crippen LogP) is 3.47. The van der Waals surface area contributed by atoms with Crippen LogP contribution in [0.25, 0.3) is 54.9 Å². The van der Waals surface area contributed by atoms with E-state index in [0.717, 1.165) is 38.2 Å². The average Bonchev–Trinajstić information content (AvgIpc) is 3.23. The summed E-state index contributed by atoms with van der Waals surface area (Å²) < 4.78 is 0. The Morgan fingerprint density at radius 1 is 0.524 bits per heavy atom. The maximum absolute atomic E-state index is 9.55. The van der Waals surface area contributed by atoms with Crippen molar-refractivity contribution in [1.29, 1.82) is 5.26 Å². The largest absolute Gasteiger partial charge is 0.192 e. The van der Waals surface area contributed by atoms with E-state index in [-0.39, 0.29) is 21.8 Å². The molecular formula is C36H20B5N. The van der Waals surface area contributed by atoms with E-state index in [1.54, 1.807) is 0 Å². The summed E-state index contributed by atoms with van der Waals surface area (Å²) in [6, 6.07) is 31.5. The van der Waals surface area contributed by atoms with Crippen molar-refractivity contribution in [3.05, 3.63) is 102 Å². The van der Waals surface area contributed by atoms with Crippen molar-refractivity contribution >= 4 is 88.1 Å². The van der Waals surface area contributed by atoms with Crippen molar-refractivity contribution in [2.24, 2.45) is 0 Å². The lowest BCUT2D eigenvalue weighted by Gasteiger charge is -2.25. The first kappa shape index (κ1) is 26.5. The Morgan fingerprint density at radius 3 is 1.50 bits per heavy atom. The van der Waals surface area contributed by atoms with Crippen molar-refractivity contribution in [3.8, 4) is 39.4 Å². The molecule has 184 valence electrons. The summed E-state index contributed by atoms with van der Waals surface area (Å²) in [6.45, 7) is 4.45. The summed E-state index contributed by atoms with van der Waals surface area (Å²) in [7, 11) is 32.0. The van der Waals surface area contributed by atoms with Gasteiger partial charge in [0.2, 0.25) is 0 Å². The fourth-order valence-electron chi connectivity index (χ4n) is 6.79. The average molecular weight is 521 g/mol. The van der Waals surface area contributed by atoms with Gasteiger partial charge in [-0.2, -0.15) is 5.26 Å². The first-order valence-electron chi connectivity index (χ1n) is 13.8. The zero-order valence-corrected chi connectivity index (χ0v) is 23.4. The fourth-order valence-corrected chi connectivity index (χ4v) is 6.79. The molecule has 42 heavy (non-hydrogen) atoms. The summed E-state index contributed by atoms with van der Waals surface area (Å²) >= 11 is 0. The molecule has 0 saturated heterocycles. The van der Waals surface area contributed by atoms with Gasteiger partial charge in [0.1, 0.15) is 39.2 Å². The van der Waals surface area contributed by atoms with Gasteiger partial charge in [-0.05, 0) is 84.3 Å². The zero-order valence-electron chi connectivity index (χ0n) is 23.4. The molecular weight excluding hydrogens is 500 g/mol. The van der Waals surface area contributed by atoms with E-state index in [1.807, 2.05) is 36.4 Å². The van der Waals surface area contributed by atoms with Gasteiger partial charge < -0.3 is 0 Å². The molecule has 0 bridgehead atoms. The summed E-state index contributed by atoms with van der Waals surface area (Å²) in [4.78, 5) is 0. The van der Waals surface area contributed by atoms with Gasteiger partial charge >= 0.3 is 0 Å². The molecule has 6 heteroatoms. The van der Waals surface area contributed by atoms with Crippen molar-refractivity contribution in [2.45, 2.75) is 19.3 Å². The molecule has 0 spiro atoms. The molecule has 0 atom stereocenters. The van der Waals surface area contributed by atoms with Crippen LogP contribution in [0.2, 0.25) is 0 Å². The highest BCUT2D eigenvalue weighted by atomic mass is 14.4. The maximum Gasteiger partial charge on any atom is 0.113 e. The molecule has 0 fully saturated rings. The van der Waals surface area contributed by atoms with Gasteiger partial charge in [0.15, 0.2) is 0 Å². The van der Waals surface area contributed by atoms with Crippen LogP contribution < -0.4 is 27.3 Å². The van der Waals surface area contributed by atoms with Gasteiger partial charge in [-0.15, -0.1) is 16.4 Å². The van der Waals surface area contributed by atoms with Crippen molar-refractivity contribution in [2.75, 3.05) is 0 Å². The van der Waals surface area contributed by atoms with E-state index in [0.29, 0.717) is 22.1 Å².